The van der Waals surface area contributed by atoms with E-state index in [1.807, 2.05) is 38.1 Å². The highest BCUT2D eigenvalue weighted by Gasteiger charge is 2.58. The van der Waals surface area contributed by atoms with Crippen LogP contribution in [-0.4, -0.2) is 54.0 Å². The summed E-state index contributed by atoms with van der Waals surface area (Å²) in [6, 6.07) is 7.74. The number of imide groups is 1. The van der Waals surface area contributed by atoms with Crippen LogP contribution in [0.1, 0.15) is 30.6 Å². The van der Waals surface area contributed by atoms with E-state index < -0.39 is 6.10 Å². The molecule has 2 fully saturated rings. The van der Waals surface area contributed by atoms with Gasteiger partial charge in [0.15, 0.2) is 5.96 Å². The number of amides is 2. The summed E-state index contributed by atoms with van der Waals surface area (Å²) in [5, 5.41) is 16.7. The number of aliphatic hydroxyl groups is 1. The van der Waals surface area contributed by atoms with Gasteiger partial charge in [0.2, 0.25) is 11.8 Å². The van der Waals surface area contributed by atoms with Crippen molar-refractivity contribution in [3.05, 3.63) is 47.5 Å². The standard InChI is InChI=1S/C23H30N4O3/c1-3-24-23(26-13-18(28)15-6-4-5-14(2)11-15)25-9-10-27-21(29)19-16-7-8-17(12-16)20(19)22(27)30/h4-8,11,16-20,28H,3,9-10,12-13H2,1-2H3,(H2,24,25,26). The number of allylic oxidation sites excluding steroid dienone is 2. The van der Waals surface area contributed by atoms with Crippen LogP contribution < -0.4 is 10.6 Å². The Morgan fingerprint density at radius 3 is 2.53 bits per heavy atom. The zero-order chi connectivity index (χ0) is 21.3. The highest BCUT2D eigenvalue weighted by atomic mass is 16.3. The molecule has 2 aliphatic carbocycles. The number of nitrogens with zero attached hydrogens (tertiary/aromatic N) is 2. The van der Waals surface area contributed by atoms with Gasteiger partial charge in [-0.15, -0.1) is 0 Å². The fourth-order valence-corrected chi connectivity index (χ4v) is 4.97. The Kier molecular flexibility index (Phi) is 5.90. The van der Waals surface area contributed by atoms with Crippen molar-refractivity contribution in [2.24, 2.45) is 28.7 Å². The SMILES string of the molecule is CCNC(=NCC(O)c1cccc(C)c1)NCCN1C(=O)C2C3C=CC(C3)C2C1=O. The molecule has 1 heterocycles. The molecular weight excluding hydrogens is 380 g/mol. The third-order valence-corrected chi connectivity index (χ3v) is 6.38. The van der Waals surface area contributed by atoms with Crippen LogP contribution in [-0.2, 0) is 9.59 Å². The molecule has 1 saturated heterocycles. The third kappa shape index (κ3) is 3.86. The van der Waals surface area contributed by atoms with Gasteiger partial charge in [0.05, 0.1) is 24.5 Å². The molecule has 1 aromatic rings. The number of aliphatic imine (C=N–C) groups is 1. The first-order chi connectivity index (χ1) is 14.5. The second-order valence-electron chi connectivity index (χ2n) is 8.40. The molecule has 2 amide bonds. The van der Waals surface area contributed by atoms with E-state index in [2.05, 4.69) is 27.8 Å². The smallest absolute Gasteiger partial charge is 0.233 e. The van der Waals surface area contributed by atoms with Crippen LogP contribution in [0.25, 0.3) is 0 Å². The Morgan fingerprint density at radius 2 is 1.90 bits per heavy atom. The van der Waals surface area contributed by atoms with E-state index in [9.17, 15) is 14.7 Å². The number of aryl methyl sites for hydroxylation is 1. The Labute approximate surface area is 177 Å². The molecule has 160 valence electrons. The van der Waals surface area contributed by atoms with Gasteiger partial charge in [-0.1, -0.05) is 42.0 Å². The number of guanidine groups is 1. The number of fused-ring (bicyclic) bond motifs is 5. The van der Waals surface area contributed by atoms with Gasteiger partial charge >= 0.3 is 0 Å². The lowest BCUT2D eigenvalue weighted by Crippen LogP contribution is -2.43. The Balaban J connectivity index is 1.31. The molecule has 1 saturated carbocycles. The van der Waals surface area contributed by atoms with Crippen molar-refractivity contribution in [3.8, 4) is 0 Å². The van der Waals surface area contributed by atoms with Crippen molar-refractivity contribution in [1.82, 2.24) is 15.5 Å². The number of likely N-dealkylation sites (tertiary alicyclic amines) is 1. The molecule has 2 bridgehead atoms. The minimum Gasteiger partial charge on any atom is -0.386 e. The van der Waals surface area contributed by atoms with Crippen LogP contribution in [0.15, 0.2) is 41.4 Å². The van der Waals surface area contributed by atoms with E-state index in [-0.39, 0.29) is 42.0 Å². The number of aliphatic hydroxyl groups excluding tert-OH is 1. The zero-order valence-corrected chi connectivity index (χ0v) is 17.5. The van der Waals surface area contributed by atoms with Crippen LogP contribution in [0, 0.1) is 30.6 Å². The average Bonchev–Trinajstić information content (AvgIpc) is 3.41. The third-order valence-electron chi connectivity index (χ3n) is 6.38. The summed E-state index contributed by atoms with van der Waals surface area (Å²) in [6.45, 7) is 5.60. The number of benzene rings is 1. The van der Waals surface area contributed by atoms with Crippen molar-refractivity contribution in [2.45, 2.75) is 26.4 Å². The lowest BCUT2D eigenvalue weighted by atomic mass is 9.85. The first kappa shape index (κ1) is 20.6. The number of rotatable bonds is 7. The van der Waals surface area contributed by atoms with Gasteiger partial charge in [-0.3, -0.25) is 19.5 Å². The minimum atomic E-state index is -0.690. The highest BCUT2D eigenvalue weighted by molar-refractivity contribution is 6.06. The molecule has 30 heavy (non-hydrogen) atoms. The van der Waals surface area contributed by atoms with E-state index in [1.165, 1.54) is 4.90 Å². The van der Waals surface area contributed by atoms with Gasteiger partial charge in [0.25, 0.3) is 0 Å². The maximum absolute atomic E-state index is 12.8. The first-order valence-corrected chi connectivity index (χ1v) is 10.8. The predicted octanol–water partition coefficient (Wildman–Crippen LogP) is 1.39. The molecule has 0 radical (unpaired) electrons. The fraction of sp³-hybridized carbons (Fsp3) is 0.522. The topological polar surface area (TPSA) is 94.0 Å². The Hall–Kier alpha value is -2.67. The lowest BCUT2D eigenvalue weighted by molar-refractivity contribution is -0.140. The second kappa shape index (κ2) is 8.60. The van der Waals surface area contributed by atoms with Gasteiger partial charge in [-0.25, -0.2) is 0 Å². The molecule has 3 N–H and O–H groups in total. The van der Waals surface area contributed by atoms with E-state index in [0.717, 1.165) is 17.5 Å². The molecular formula is C23H30N4O3. The Bertz CT molecular complexity index is 851. The number of nitrogens with one attached hydrogen (secondary N) is 2. The van der Waals surface area contributed by atoms with Crippen LogP contribution in [0.3, 0.4) is 0 Å². The van der Waals surface area contributed by atoms with Crippen molar-refractivity contribution in [1.29, 1.82) is 0 Å². The quantitative estimate of drug-likeness (QED) is 0.273. The van der Waals surface area contributed by atoms with E-state index in [0.29, 0.717) is 25.6 Å². The maximum atomic E-state index is 12.8. The molecule has 7 heteroatoms. The van der Waals surface area contributed by atoms with Gasteiger partial charge < -0.3 is 15.7 Å². The monoisotopic (exact) mass is 410 g/mol. The van der Waals surface area contributed by atoms with Crippen molar-refractivity contribution in [2.75, 3.05) is 26.2 Å². The lowest BCUT2D eigenvalue weighted by Gasteiger charge is -2.19. The molecule has 5 atom stereocenters. The number of carbonyl (C=O) groups excluding carboxylic acids is 2. The highest BCUT2D eigenvalue weighted by Crippen LogP contribution is 2.52. The normalized spacial score (nSPS) is 28.2. The van der Waals surface area contributed by atoms with Gasteiger partial charge in [0, 0.05) is 19.6 Å². The fourth-order valence-electron chi connectivity index (χ4n) is 4.97. The average molecular weight is 411 g/mol. The summed E-state index contributed by atoms with van der Waals surface area (Å²) in [5.41, 5.74) is 1.92. The maximum Gasteiger partial charge on any atom is 0.233 e. The number of hydrogen-bond acceptors (Lipinski definition) is 4. The summed E-state index contributed by atoms with van der Waals surface area (Å²) in [5.74, 6) is 0.664. The number of carbonyl (C=O) groups is 2. The van der Waals surface area contributed by atoms with Crippen molar-refractivity contribution >= 4 is 17.8 Å². The van der Waals surface area contributed by atoms with E-state index >= 15 is 0 Å². The summed E-state index contributed by atoms with van der Waals surface area (Å²) in [6.07, 6.45) is 4.46. The van der Waals surface area contributed by atoms with Crippen LogP contribution in [0.2, 0.25) is 0 Å². The molecule has 4 rings (SSSR count). The molecule has 1 aliphatic heterocycles. The molecule has 5 unspecified atom stereocenters. The van der Waals surface area contributed by atoms with Gasteiger partial charge in [0.1, 0.15) is 0 Å². The van der Waals surface area contributed by atoms with Crippen molar-refractivity contribution in [3.63, 3.8) is 0 Å². The Morgan fingerprint density at radius 1 is 1.20 bits per heavy atom. The van der Waals surface area contributed by atoms with Crippen LogP contribution in [0.5, 0.6) is 0 Å². The summed E-state index contributed by atoms with van der Waals surface area (Å²) in [7, 11) is 0. The first-order valence-electron chi connectivity index (χ1n) is 10.8. The van der Waals surface area contributed by atoms with E-state index in [4.69, 9.17) is 0 Å². The predicted molar refractivity (Wildman–Crippen MR) is 115 cm³/mol. The summed E-state index contributed by atoms with van der Waals surface area (Å²) >= 11 is 0. The summed E-state index contributed by atoms with van der Waals surface area (Å²) in [4.78, 5) is 31.4. The summed E-state index contributed by atoms with van der Waals surface area (Å²) < 4.78 is 0. The van der Waals surface area contributed by atoms with Gasteiger partial charge in [-0.2, -0.15) is 0 Å². The van der Waals surface area contributed by atoms with Crippen LogP contribution in [0.4, 0.5) is 0 Å². The minimum absolute atomic E-state index is 0.0274. The van der Waals surface area contributed by atoms with E-state index in [1.54, 1.807) is 0 Å². The molecule has 7 nitrogen and oxygen atoms in total. The number of hydrogen-bond donors (Lipinski definition) is 3. The van der Waals surface area contributed by atoms with Gasteiger partial charge in [-0.05, 0) is 37.7 Å². The molecule has 0 spiro atoms. The second-order valence-corrected chi connectivity index (χ2v) is 8.40. The zero-order valence-electron chi connectivity index (χ0n) is 17.5. The van der Waals surface area contributed by atoms with Crippen molar-refractivity contribution < 1.29 is 14.7 Å². The van der Waals surface area contributed by atoms with Crippen LogP contribution >= 0.6 is 0 Å². The molecule has 0 aromatic heterocycles. The largest absolute Gasteiger partial charge is 0.386 e. The molecule has 3 aliphatic rings. The molecule has 1 aromatic carbocycles.